The van der Waals surface area contributed by atoms with Gasteiger partial charge in [0.25, 0.3) is 0 Å². The maximum atomic E-state index is 2.43. The van der Waals surface area contributed by atoms with Gasteiger partial charge in [-0.05, 0) is 143 Å². The van der Waals surface area contributed by atoms with Crippen LogP contribution in [-0.4, -0.2) is 0 Å². The second-order valence-corrected chi connectivity index (χ2v) is 16.1. The van der Waals surface area contributed by atoms with Crippen LogP contribution >= 0.6 is 0 Å². The molecule has 60 heavy (non-hydrogen) atoms. The number of hydrogen-bond donors (Lipinski definition) is 0. The van der Waals surface area contributed by atoms with Gasteiger partial charge >= 0.3 is 0 Å². The summed E-state index contributed by atoms with van der Waals surface area (Å²) in [4.78, 5) is 2.38. The second kappa shape index (κ2) is 13.7. The molecule has 2 aliphatic rings. The molecule has 0 bridgehead atoms. The van der Waals surface area contributed by atoms with E-state index < -0.39 is 0 Å². The van der Waals surface area contributed by atoms with Gasteiger partial charge in [-0.1, -0.05) is 182 Å². The van der Waals surface area contributed by atoms with E-state index in [-0.39, 0.29) is 5.41 Å². The first-order valence-electron chi connectivity index (χ1n) is 20.8. The maximum Gasteiger partial charge on any atom is 0.0725 e. The van der Waals surface area contributed by atoms with Crippen LogP contribution in [0.4, 0.5) is 17.1 Å². The summed E-state index contributed by atoms with van der Waals surface area (Å²) in [6, 6.07) is 84.8. The molecule has 1 nitrogen and oxygen atoms in total. The highest BCUT2D eigenvalue weighted by molar-refractivity contribution is 6.05. The Morgan fingerprint density at radius 3 is 1.17 bits per heavy atom. The number of hydrogen-bond acceptors (Lipinski definition) is 1. The molecule has 0 amide bonds. The number of benzene rings is 10. The molecule has 10 aromatic rings. The number of anilines is 3. The highest BCUT2D eigenvalue weighted by Crippen LogP contribution is 2.62. The maximum absolute atomic E-state index is 2.43. The van der Waals surface area contributed by atoms with E-state index in [2.05, 4.69) is 241 Å². The highest BCUT2D eigenvalue weighted by Gasteiger charge is 2.50. The number of fused-ring (bicyclic) bond motifs is 9. The van der Waals surface area contributed by atoms with Crippen LogP contribution in [0.5, 0.6) is 0 Å². The van der Waals surface area contributed by atoms with E-state index in [4.69, 9.17) is 0 Å². The van der Waals surface area contributed by atoms with E-state index in [0.717, 1.165) is 17.1 Å². The molecule has 12 rings (SSSR count). The van der Waals surface area contributed by atoms with Crippen molar-refractivity contribution >= 4 is 50.3 Å². The van der Waals surface area contributed by atoms with E-state index in [0.29, 0.717) is 0 Å². The van der Waals surface area contributed by atoms with E-state index in [1.807, 2.05) is 0 Å². The van der Waals surface area contributed by atoms with Crippen molar-refractivity contribution in [2.24, 2.45) is 0 Å². The van der Waals surface area contributed by atoms with Gasteiger partial charge in [0.05, 0.1) is 5.41 Å². The van der Waals surface area contributed by atoms with Gasteiger partial charge in [0.1, 0.15) is 0 Å². The number of allylic oxidation sites excluding steroid dienone is 1. The molecule has 1 spiro atoms. The largest absolute Gasteiger partial charge is 0.311 e. The quantitative estimate of drug-likeness (QED) is 0.163. The second-order valence-electron chi connectivity index (χ2n) is 16.1. The molecule has 0 atom stereocenters. The van der Waals surface area contributed by atoms with Crippen LogP contribution < -0.4 is 4.90 Å². The predicted octanol–water partition coefficient (Wildman–Crippen LogP) is 15.7. The Hall–Kier alpha value is -7.74. The summed E-state index contributed by atoms with van der Waals surface area (Å²) >= 11 is 0. The Bertz CT molecular complexity index is 3130. The van der Waals surface area contributed by atoms with Crippen LogP contribution in [0.15, 0.2) is 231 Å². The van der Waals surface area contributed by atoms with Crippen molar-refractivity contribution in [3.8, 4) is 33.4 Å². The molecule has 0 fully saturated rings. The van der Waals surface area contributed by atoms with Crippen molar-refractivity contribution in [2.45, 2.75) is 5.41 Å². The Morgan fingerprint density at radius 2 is 0.667 bits per heavy atom. The third kappa shape index (κ3) is 5.33. The average Bonchev–Trinajstić information content (AvgIpc) is 3.83. The average molecular weight is 762 g/mol. The van der Waals surface area contributed by atoms with Gasteiger partial charge in [-0.15, -0.1) is 0 Å². The van der Waals surface area contributed by atoms with Gasteiger partial charge in [0.2, 0.25) is 0 Å². The zero-order valence-corrected chi connectivity index (χ0v) is 33.0. The summed E-state index contributed by atoms with van der Waals surface area (Å²) in [6.07, 6.45) is 2.43. The smallest absolute Gasteiger partial charge is 0.0725 e. The Morgan fingerprint density at radius 1 is 0.283 bits per heavy atom. The molecule has 0 radical (unpaired) electrons. The lowest BCUT2D eigenvalue weighted by molar-refractivity contribution is 0.842. The number of rotatable bonds is 6. The molecule has 280 valence electrons. The molecule has 10 aromatic carbocycles. The van der Waals surface area contributed by atoms with Gasteiger partial charge in [0, 0.05) is 17.1 Å². The minimum atomic E-state index is -0.387. The van der Waals surface area contributed by atoms with Gasteiger partial charge in [-0.25, -0.2) is 0 Å². The van der Waals surface area contributed by atoms with Crippen LogP contribution in [0.1, 0.15) is 27.8 Å². The first-order chi connectivity index (χ1) is 29.7. The van der Waals surface area contributed by atoms with E-state index in [9.17, 15) is 0 Å². The topological polar surface area (TPSA) is 3.24 Å². The molecule has 2 aliphatic carbocycles. The molecule has 0 saturated heterocycles. The third-order valence-electron chi connectivity index (χ3n) is 12.9. The molecule has 0 saturated carbocycles. The van der Waals surface area contributed by atoms with E-state index >= 15 is 0 Å². The molecular weight excluding hydrogens is 723 g/mol. The molecule has 0 aliphatic heterocycles. The Balaban J connectivity index is 0.960. The fraction of sp³-hybridized carbons (Fsp3) is 0.0169. The van der Waals surface area contributed by atoms with Crippen LogP contribution in [-0.2, 0) is 5.41 Å². The zero-order chi connectivity index (χ0) is 39.6. The van der Waals surface area contributed by atoms with Crippen molar-refractivity contribution < 1.29 is 0 Å². The first kappa shape index (κ1) is 34.3. The lowest BCUT2D eigenvalue weighted by atomic mass is 9.68. The summed E-state index contributed by atoms with van der Waals surface area (Å²) in [6.45, 7) is 0. The minimum absolute atomic E-state index is 0.387. The summed E-state index contributed by atoms with van der Waals surface area (Å²) in [5.41, 5.74) is 18.3. The molecule has 0 N–H and O–H groups in total. The van der Waals surface area contributed by atoms with Gasteiger partial charge in [-0.2, -0.15) is 0 Å². The summed E-state index contributed by atoms with van der Waals surface area (Å²) in [5, 5.41) is 5.01. The first-order valence-corrected chi connectivity index (χ1v) is 20.8. The summed E-state index contributed by atoms with van der Waals surface area (Å²) < 4.78 is 0. The van der Waals surface area contributed by atoms with Crippen LogP contribution in [0.2, 0.25) is 0 Å². The highest BCUT2D eigenvalue weighted by atomic mass is 15.1. The summed E-state index contributed by atoms with van der Waals surface area (Å²) in [7, 11) is 0. The monoisotopic (exact) mass is 761 g/mol. The van der Waals surface area contributed by atoms with E-state index in [1.54, 1.807) is 0 Å². The van der Waals surface area contributed by atoms with Crippen molar-refractivity contribution in [1.82, 2.24) is 0 Å². The van der Waals surface area contributed by atoms with Crippen molar-refractivity contribution in [1.29, 1.82) is 0 Å². The van der Waals surface area contributed by atoms with Gasteiger partial charge < -0.3 is 4.90 Å². The Labute approximate surface area is 350 Å². The molecule has 0 heterocycles. The van der Waals surface area contributed by atoms with E-state index in [1.165, 1.54) is 88.3 Å². The molecule has 0 unspecified atom stereocenters. The minimum Gasteiger partial charge on any atom is -0.311 e. The zero-order valence-electron chi connectivity index (χ0n) is 33.0. The van der Waals surface area contributed by atoms with Gasteiger partial charge in [0.15, 0.2) is 0 Å². The lowest BCUT2D eigenvalue weighted by Crippen LogP contribution is -2.26. The third-order valence-corrected chi connectivity index (χ3v) is 12.9. The van der Waals surface area contributed by atoms with Crippen molar-refractivity contribution in [3.63, 3.8) is 0 Å². The van der Waals surface area contributed by atoms with Crippen LogP contribution in [0, 0.1) is 0 Å². The fourth-order valence-corrected chi connectivity index (χ4v) is 10.1. The normalized spacial score (nSPS) is 13.2. The van der Waals surface area contributed by atoms with Crippen molar-refractivity contribution in [3.05, 3.63) is 258 Å². The molecule has 0 aromatic heterocycles. The summed E-state index contributed by atoms with van der Waals surface area (Å²) in [5.74, 6) is 0. The predicted molar refractivity (Wildman–Crippen MR) is 253 cm³/mol. The Kier molecular flexibility index (Phi) is 7.83. The SMILES string of the molecule is C1=C(c2ccc(N(c3ccc(-c4ccc5ccccc5c4)cc3)c3ccc(-c4ccc5ccccc5c4)cc3)cc2)C2(c3ccccc31)c1ccccc1-c1ccccc12. The van der Waals surface area contributed by atoms with Crippen LogP contribution in [0.25, 0.3) is 66.6 Å². The molecule has 1 heteroatoms. The van der Waals surface area contributed by atoms with Crippen LogP contribution in [0.3, 0.4) is 0 Å². The fourth-order valence-electron chi connectivity index (χ4n) is 10.1. The standard InChI is InChI=1S/C59H39N/c1-3-13-45-37-47(23-21-40(45)11-1)42-25-31-50(32-26-42)60(51-33-27-43(28-34-51)48-24-22-41-12-2-4-14-46(41)38-48)52-35-29-44(30-36-52)58-39-49-15-5-8-18-55(49)59(58)56-19-9-6-16-53(56)54-17-7-10-20-57(54)59/h1-39H. The lowest BCUT2D eigenvalue weighted by Gasteiger charge is -2.33. The number of nitrogens with zero attached hydrogens (tertiary/aromatic N) is 1. The molecular formula is C59H39N. The van der Waals surface area contributed by atoms with Gasteiger partial charge in [-0.3, -0.25) is 0 Å². The van der Waals surface area contributed by atoms with Crippen molar-refractivity contribution in [2.75, 3.05) is 4.90 Å².